The lowest BCUT2D eigenvalue weighted by Crippen LogP contribution is -1.99. The average molecular weight is 597 g/mol. The number of hydrogen-bond acceptors (Lipinski definition) is 0. The van der Waals surface area contributed by atoms with Crippen molar-refractivity contribution in [3.05, 3.63) is 0 Å². The Morgan fingerprint density at radius 3 is 0.512 bits per heavy atom. The van der Waals surface area contributed by atoms with E-state index in [0.717, 1.165) is 11.8 Å². The summed E-state index contributed by atoms with van der Waals surface area (Å²) in [6.45, 7) is 25.1. The second-order valence-corrected chi connectivity index (χ2v) is 11.1. The van der Waals surface area contributed by atoms with Crippen molar-refractivity contribution >= 4 is 0 Å². The largest absolute Gasteiger partial charge is 0.412 e. The van der Waals surface area contributed by atoms with Crippen LogP contribution in [0.15, 0.2) is 0 Å². The first kappa shape index (κ1) is 56.7. The van der Waals surface area contributed by atoms with Crippen LogP contribution in [-0.2, 0) is 0 Å². The van der Waals surface area contributed by atoms with Gasteiger partial charge in [0.05, 0.1) is 0 Å². The Kier molecular flexibility index (Phi) is 87.4. The van der Waals surface area contributed by atoms with E-state index >= 15 is 0 Å². The molecule has 0 spiro atoms. The number of unbranched alkanes of at least 4 members (excludes halogenated alkanes) is 1. The maximum Gasteiger partial charge on any atom is 0 e. The van der Waals surface area contributed by atoms with E-state index in [1.807, 2.05) is 55.4 Å². The molecule has 4 saturated carbocycles. The summed E-state index contributed by atoms with van der Waals surface area (Å²) in [6, 6.07) is 0. The summed E-state index contributed by atoms with van der Waals surface area (Å²) in [5.74, 6) is 2.07. The predicted octanol–water partition coefficient (Wildman–Crippen LogP) is 15.0. The Morgan fingerprint density at radius 1 is 0.317 bits per heavy atom. The second-order valence-electron chi connectivity index (χ2n) is 11.1. The van der Waals surface area contributed by atoms with Gasteiger partial charge in [0, 0.05) is 2.85 Å². The summed E-state index contributed by atoms with van der Waals surface area (Å²) in [6.07, 6.45) is 37.0. The van der Waals surface area contributed by atoms with E-state index in [2.05, 4.69) is 27.7 Å². The second kappa shape index (κ2) is 63.2. The summed E-state index contributed by atoms with van der Waals surface area (Å²) in [5, 5.41) is 0. The molecule has 0 radical (unpaired) electrons. The van der Waals surface area contributed by atoms with Crippen LogP contribution in [0.2, 0.25) is 0 Å². The Morgan fingerprint density at radius 2 is 0.439 bits per heavy atom. The average Bonchev–Trinajstić information content (AvgIpc) is 3.37. The maximum atomic E-state index is 2.36. The van der Waals surface area contributed by atoms with Gasteiger partial charge in [0.25, 0.3) is 0 Å². The fourth-order valence-electron chi connectivity index (χ4n) is 4.91. The first-order valence-electron chi connectivity index (χ1n) is 19.2. The minimum Gasteiger partial charge on any atom is -0.412 e. The first-order valence-corrected chi connectivity index (χ1v) is 19.2. The molecule has 4 N–H and O–H groups in total. The molecule has 4 aliphatic rings. The van der Waals surface area contributed by atoms with Gasteiger partial charge in [-0.2, -0.15) is 0 Å². The van der Waals surface area contributed by atoms with Gasteiger partial charge >= 0.3 is 0 Å². The van der Waals surface area contributed by atoms with Crippen LogP contribution >= 0.6 is 0 Å². The van der Waals surface area contributed by atoms with Crippen LogP contribution in [0.3, 0.4) is 0 Å². The molecule has 2 heteroatoms. The Balaban J connectivity index is -0.0000000447. The van der Waals surface area contributed by atoms with Crippen molar-refractivity contribution in [1.29, 1.82) is 0 Å². The van der Waals surface area contributed by atoms with Crippen molar-refractivity contribution in [1.82, 2.24) is 0 Å². The third-order valence-electron chi connectivity index (χ3n) is 7.54. The van der Waals surface area contributed by atoms with Crippen molar-refractivity contribution in [3.8, 4) is 0 Å². The molecule has 4 rings (SSSR count). The highest BCUT2D eigenvalue weighted by atomic mass is 16.0. The Hall–Kier alpha value is -0.0800. The van der Waals surface area contributed by atoms with Crippen LogP contribution in [0, 0.1) is 11.8 Å². The molecule has 0 aromatic carbocycles. The van der Waals surface area contributed by atoms with Crippen molar-refractivity contribution < 1.29 is 13.8 Å². The van der Waals surface area contributed by atoms with Gasteiger partial charge in [-0.1, -0.05) is 244 Å². The van der Waals surface area contributed by atoms with Gasteiger partial charge in [0.1, 0.15) is 0 Å². The van der Waals surface area contributed by atoms with Crippen LogP contribution in [0.5, 0.6) is 0 Å². The van der Waals surface area contributed by atoms with E-state index in [9.17, 15) is 0 Å². The molecule has 0 unspecified atom stereocenters. The first-order chi connectivity index (χ1) is 19.2. The van der Waals surface area contributed by atoms with Crippen LogP contribution in [0.25, 0.3) is 0 Å². The minimum atomic E-state index is 0. The highest BCUT2D eigenvalue weighted by Gasteiger charge is 2.06. The van der Waals surface area contributed by atoms with E-state index in [1.165, 1.54) is 161 Å². The van der Waals surface area contributed by atoms with Gasteiger partial charge < -0.3 is 11.0 Å². The van der Waals surface area contributed by atoms with Gasteiger partial charge in [-0.25, -0.2) is 0 Å². The van der Waals surface area contributed by atoms with Crippen LogP contribution in [-0.4, -0.2) is 11.0 Å². The summed E-state index contributed by atoms with van der Waals surface area (Å²) in [4.78, 5) is 0. The standard InChI is InChI=1S/3C7H14.C6H12.C4H10.4C2H6.2H2O.2H2/c2*1-7-5-3-2-4-6-7;1-2-4-6-7-5-3-1;1-2-4-6-5-3-1;1-3-4-2;4*1-2;;;;/h2*7H,2-6H2,1H3;1-7H2;1-6H2;3-4H2,1-2H3;4*1-2H3;2*1H2;2*1H. The third-order valence-corrected chi connectivity index (χ3v) is 7.54. The van der Waals surface area contributed by atoms with E-state index < -0.39 is 0 Å². The summed E-state index contributed by atoms with van der Waals surface area (Å²) >= 11 is 0. The van der Waals surface area contributed by atoms with E-state index in [0.29, 0.717) is 0 Å². The minimum absolute atomic E-state index is 0. The van der Waals surface area contributed by atoms with E-state index in [1.54, 1.807) is 0 Å². The van der Waals surface area contributed by atoms with Gasteiger partial charge in [0.2, 0.25) is 0 Å². The molecular formula is C39H96O2. The SMILES string of the molecule is C1CCCCC1.C1CCCCCC1.CC.CC.CC.CC.CC1CCCCC1.CC1CCCCC1.CCCC.O.O.[HH].[HH]. The predicted molar refractivity (Wildman–Crippen MR) is 202 cm³/mol. The van der Waals surface area contributed by atoms with E-state index in [-0.39, 0.29) is 13.8 Å². The van der Waals surface area contributed by atoms with Crippen molar-refractivity contribution in [2.75, 3.05) is 0 Å². The molecule has 0 aromatic heterocycles. The molecule has 0 atom stereocenters. The summed E-state index contributed by atoms with van der Waals surface area (Å²) < 4.78 is 0. The highest BCUT2D eigenvalue weighted by molar-refractivity contribution is 4.60. The van der Waals surface area contributed by atoms with Crippen molar-refractivity contribution in [3.63, 3.8) is 0 Å². The number of hydrogen-bond donors (Lipinski definition) is 0. The van der Waals surface area contributed by atoms with Crippen molar-refractivity contribution in [2.45, 2.75) is 244 Å². The molecule has 2 nitrogen and oxygen atoms in total. The van der Waals surface area contributed by atoms with Gasteiger partial charge in [-0.3, -0.25) is 0 Å². The van der Waals surface area contributed by atoms with Crippen LogP contribution < -0.4 is 0 Å². The molecular weight excluding hydrogens is 500 g/mol. The summed E-state index contributed by atoms with van der Waals surface area (Å²) in [7, 11) is 0. The van der Waals surface area contributed by atoms with Crippen LogP contribution in [0.1, 0.15) is 246 Å². The molecule has 0 amide bonds. The molecule has 0 heterocycles. The molecule has 4 aliphatic carbocycles. The fraction of sp³-hybridized carbons (Fsp3) is 1.00. The molecule has 0 bridgehead atoms. The topological polar surface area (TPSA) is 63.0 Å². The Bertz CT molecular complexity index is 265. The highest BCUT2D eigenvalue weighted by Crippen LogP contribution is 2.22. The number of rotatable bonds is 1. The quantitative estimate of drug-likeness (QED) is 0.270. The van der Waals surface area contributed by atoms with Crippen LogP contribution in [0.4, 0.5) is 0 Å². The monoisotopic (exact) mass is 597 g/mol. The van der Waals surface area contributed by atoms with Gasteiger partial charge in [-0.15, -0.1) is 0 Å². The Labute approximate surface area is 269 Å². The molecule has 0 aromatic rings. The van der Waals surface area contributed by atoms with Crippen molar-refractivity contribution in [2.24, 2.45) is 11.8 Å². The molecule has 0 aliphatic heterocycles. The molecule has 0 saturated heterocycles. The van der Waals surface area contributed by atoms with Gasteiger partial charge in [0.15, 0.2) is 0 Å². The fourth-order valence-corrected chi connectivity index (χ4v) is 4.91. The molecule has 4 fully saturated rings. The molecule has 41 heavy (non-hydrogen) atoms. The lowest BCUT2D eigenvalue weighted by molar-refractivity contribution is 0.385. The summed E-state index contributed by atoms with van der Waals surface area (Å²) in [5.41, 5.74) is 0. The normalized spacial score (nSPS) is 17.6. The maximum absolute atomic E-state index is 2.36. The zero-order valence-electron chi connectivity index (χ0n) is 31.8. The van der Waals surface area contributed by atoms with E-state index in [4.69, 9.17) is 0 Å². The lowest BCUT2D eigenvalue weighted by Gasteiger charge is -2.15. The zero-order valence-corrected chi connectivity index (χ0v) is 31.8. The third kappa shape index (κ3) is 64.1. The molecule has 264 valence electrons. The zero-order chi connectivity index (χ0) is 30.8. The lowest BCUT2D eigenvalue weighted by atomic mass is 9.91. The smallest absolute Gasteiger partial charge is 0 e. The van der Waals surface area contributed by atoms with Gasteiger partial charge in [-0.05, 0) is 11.8 Å².